The minimum atomic E-state index is -0.405. The predicted octanol–water partition coefficient (Wildman–Crippen LogP) is 0.824. The number of hydrogen-bond acceptors (Lipinski definition) is 4. The van der Waals surface area contributed by atoms with Crippen molar-refractivity contribution in [2.24, 2.45) is 0 Å². The summed E-state index contributed by atoms with van der Waals surface area (Å²) in [6, 6.07) is 9.05. The van der Waals surface area contributed by atoms with Crippen molar-refractivity contribution in [3.8, 4) is 0 Å². The fourth-order valence-electron chi connectivity index (χ4n) is 1.62. The van der Waals surface area contributed by atoms with Gasteiger partial charge in [0.05, 0.1) is 6.54 Å². The highest BCUT2D eigenvalue weighted by Gasteiger charge is 2.18. The van der Waals surface area contributed by atoms with E-state index in [9.17, 15) is 9.59 Å². The lowest BCUT2D eigenvalue weighted by Crippen LogP contribution is -2.35. The number of benzene rings is 1. The number of aromatic nitrogens is 3. The van der Waals surface area contributed by atoms with Crippen LogP contribution in [0.25, 0.3) is 0 Å². The van der Waals surface area contributed by atoms with E-state index in [4.69, 9.17) is 0 Å². The van der Waals surface area contributed by atoms with Crippen LogP contribution < -0.4 is 5.32 Å². The minimum Gasteiger partial charge on any atom is -0.330 e. The Morgan fingerprint density at radius 1 is 1.30 bits per heavy atom. The van der Waals surface area contributed by atoms with E-state index in [1.807, 2.05) is 18.2 Å². The Balaban J connectivity index is 1.92. The quantitative estimate of drug-likeness (QED) is 0.863. The zero-order chi connectivity index (χ0) is 14.5. The summed E-state index contributed by atoms with van der Waals surface area (Å²) in [5.41, 5.74) is 0.687. The minimum absolute atomic E-state index is 0.0533. The van der Waals surface area contributed by atoms with Gasteiger partial charge in [-0.15, -0.1) is 5.10 Å². The van der Waals surface area contributed by atoms with Crippen LogP contribution in [0.2, 0.25) is 0 Å². The van der Waals surface area contributed by atoms with Gasteiger partial charge in [-0.05, 0) is 19.1 Å². The molecule has 7 nitrogen and oxygen atoms in total. The monoisotopic (exact) mass is 273 g/mol. The number of nitrogens with one attached hydrogen (secondary N) is 2. The number of aryl methyl sites for hydroxylation is 1. The third-order valence-electron chi connectivity index (χ3n) is 2.57. The second kappa shape index (κ2) is 5.96. The molecule has 1 aromatic heterocycles. The molecule has 0 saturated carbocycles. The number of carbonyl (C=O) groups excluding carboxylic acids is 2. The predicted molar refractivity (Wildman–Crippen MR) is 73.2 cm³/mol. The largest absolute Gasteiger partial charge is 0.330 e. The summed E-state index contributed by atoms with van der Waals surface area (Å²) in [7, 11) is 1.53. The van der Waals surface area contributed by atoms with Gasteiger partial charge in [0, 0.05) is 12.7 Å². The molecule has 7 heteroatoms. The Labute approximate surface area is 116 Å². The molecule has 1 heterocycles. The highest BCUT2D eigenvalue weighted by atomic mass is 16.2. The van der Waals surface area contributed by atoms with E-state index in [1.165, 1.54) is 11.9 Å². The summed E-state index contributed by atoms with van der Waals surface area (Å²) < 4.78 is 0. The van der Waals surface area contributed by atoms with E-state index >= 15 is 0 Å². The van der Waals surface area contributed by atoms with Crippen LogP contribution in [0.5, 0.6) is 0 Å². The lowest BCUT2D eigenvalue weighted by atomic mass is 10.3. The number of nitrogens with zero attached hydrogens (tertiary/aromatic N) is 3. The maximum absolute atomic E-state index is 11.9. The normalized spacial score (nSPS) is 10.1. The van der Waals surface area contributed by atoms with Crippen LogP contribution in [0.4, 0.5) is 5.69 Å². The van der Waals surface area contributed by atoms with Crippen molar-refractivity contribution in [1.29, 1.82) is 0 Å². The average molecular weight is 273 g/mol. The van der Waals surface area contributed by atoms with E-state index in [0.29, 0.717) is 11.5 Å². The highest BCUT2D eigenvalue weighted by Crippen LogP contribution is 2.05. The number of likely N-dealkylation sites (N-methyl/N-ethyl adjacent to an activating group) is 1. The lowest BCUT2D eigenvalue weighted by molar-refractivity contribution is -0.116. The molecule has 2 N–H and O–H groups in total. The van der Waals surface area contributed by atoms with Gasteiger partial charge in [-0.3, -0.25) is 14.7 Å². The summed E-state index contributed by atoms with van der Waals surface area (Å²) in [5, 5.41) is 9.06. The number of hydrogen-bond donors (Lipinski definition) is 2. The van der Waals surface area contributed by atoms with Crippen molar-refractivity contribution in [3.63, 3.8) is 0 Å². The summed E-state index contributed by atoms with van der Waals surface area (Å²) in [5.74, 6) is -0.0788. The standard InChI is InChI=1S/C13H15N5O2/c1-9-14-12(17-16-9)13(20)18(2)8-11(19)15-10-6-4-3-5-7-10/h3-7H,8H2,1-2H3,(H,15,19)(H,14,16,17). The lowest BCUT2D eigenvalue weighted by Gasteiger charge is -2.14. The van der Waals surface area contributed by atoms with Crippen molar-refractivity contribution in [1.82, 2.24) is 20.1 Å². The molecule has 0 fully saturated rings. The third kappa shape index (κ3) is 3.41. The fraction of sp³-hybridized carbons (Fsp3) is 0.231. The summed E-state index contributed by atoms with van der Waals surface area (Å²) in [6.45, 7) is 1.63. The first kappa shape index (κ1) is 13.7. The van der Waals surface area contributed by atoms with Crippen LogP contribution in [0.1, 0.15) is 16.4 Å². The molecule has 0 aliphatic rings. The first-order chi connectivity index (χ1) is 9.56. The van der Waals surface area contributed by atoms with Crippen molar-refractivity contribution in [2.75, 3.05) is 18.9 Å². The number of anilines is 1. The highest BCUT2D eigenvalue weighted by molar-refractivity contribution is 5.97. The van der Waals surface area contributed by atoms with Crippen molar-refractivity contribution < 1.29 is 9.59 Å². The molecular weight excluding hydrogens is 258 g/mol. The van der Waals surface area contributed by atoms with E-state index in [0.717, 1.165) is 0 Å². The number of H-pyrrole nitrogens is 1. The second-order valence-electron chi connectivity index (χ2n) is 4.32. The number of aromatic amines is 1. The van der Waals surface area contributed by atoms with Gasteiger partial charge in [-0.25, -0.2) is 4.98 Å². The van der Waals surface area contributed by atoms with Crippen LogP contribution in [0.15, 0.2) is 30.3 Å². The molecule has 2 rings (SSSR count). The van der Waals surface area contributed by atoms with Gasteiger partial charge in [-0.2, -0.15) is 0 Å². The average Bonchev–Trinajstić information content (AvgIpc) is 2.85. The maximum Gasteiger partial charge on any atom is 0.293 e. The molecule has 1 aromatic carbocycles. The van der Waals surface area contributed by atoms with Gasteiger partial charge in [0.2, 0.25) is 11.7 Å². The second-order valence-corrected chi connectivity index (χ2v) is 4.32. The molecule has 0 aliphatic carbocycles. The molecule has 0 radical (unpaired) electrons. The molecule has 20 heavy (non-hydrogen) atoms. The molecule has 0 saturated heterocycles. The Kier molecular flexibility index (Phi) is 4.09. The van der Waals surface area contributed by atoms with Gasteiger partial charge >= 0.3 is 0 Å². The zero-order valence-electron chi connectivity index (χ0n) is 11.3. The van der Waals surface area contributed by atoms with E-state index in [1.54, 1.807) is 19.1 Å². The van der Waals surface area contributed by atoms with Crippen LogP contribution in [0, 0.1) is 6.92 Å². The topological polar surface area (TPSA) is 91.0 Å². The number of para-hydroxylation sites is 1. The van der Waals surface area contributed by atoms with Crippen molar-refractivity contribution >= 4 is 17.5 Å². The Morgan fingerprint density at radius 2 is 2.00 bits per heavy atom. The van der Waals surface area contributed by atoms with Crippen LogP contribution in [0.3, 0.4) is 0 Å². The van der Waals surface area contributed by atoms with Crippen LogP contribution >= 0.6 is 0 Å². The van der Waals surface area contributed by atoms with E-state index < -0.39 is 5.91 Å². The summed E-state index contributed by atoms with van der Waals surface area (Å²) in [4.78, 5) is 29.0. The fourth-order valence-corrected chi connectivity index (χ4v) is 1.62. The first-order valence-electron chi connectivity index (χ1n) is 6.05. The molecule has 0 bridgehead atoms. The van der Waals surface area contributed by atoms with Crippen molar-refractivity contribution in [2.45, 2.75) is 6.92 Å². The SMILES string of the molecule is Cc1nc(C(=O)N(C)CC(=O)Nc2ccccc2)n[nH]1. The summed E-state index contributed by atoms with van der Waals surface area (Å²) >= 11 is 0. The van der Waals surface area contributed by atoms with Gasteiger partial charge < -0.3 is 10.2 Å². The van der Waals surface area contributed by atoms with Gasteiger partial charge in [0.25, 0.3) is 5.91 Å². The Hall–Kier alpha value is -2.70. The number of amides is 2. The third-order valence-corrected chi connectivity index (χ3v) is 2.57. The Bertz CT molecular complexity index is 608. The molecule has 2 aromatic rings. The number of rotatable bonds is 4. The number of carbonyl (C=O) groups is 2. The molecule has 104 valence electrons. The van der Waals surface area contributed by atoms with Crippen LogP contribution in [-0.4, -0.2) is 45.5 Å². The van der Waals surface area contributed by atoms with Crippen molar-refractivity contribution in [3.05, 3.63) is 42.0 Å². The molecule has 0 unspecified atom stereocenters. The molecular formula is C13H15N5O2. The summed E-state index contributed by atoms with van der Waals surface area (Å²) in [6.07, 6.45) is 0. The first-order valence-corrected chi connectivity index (χ1v) is 6.05. The van der Waals surface area contributed by atoms with Gasteiger partial charge in [0.15, 0.2) is 0 Å². The molecule has 0 aliphatic heterocycles. The van der Waals surface area contributed by atoms with E-state index in [-0.39, 0.29) is 18.3 Å². The maximum atomic E-state index is 11.9. The van der Waals surface area contributed by atoms with Gasteiger partial charge in [-0.1, -0.05) is 18.2 Å². The molecule has 0 atom stereocenters. The zero-order valence-corrected chi connectivity index (χ0v) is 11.3. The molecule has 2 amide bonds. The molecule has 0 spiro atoms. The van der Waals surface area contributed by atoms with Gasteiger partial charge in [0.1, 0.15) is 5.82 Å². The smallest absolute Gasteiger partial charge is 0.293 e. The Morgan fingerprint density at radius 3 is 2.60 bits per heavy atom. The van der Waals surface area contributed by atoms with Crippen LogP contribution in [-0.2, 0) is 4.79 Å². The van der Waals surface area contributed by atoms with E-state index in [2.05, 4.69) is 20.5 Å².